The van der Waals surface area contributed by atoms with E-state index in [-0.39, 0.29) is 5.95 Å². The van der Waals surface area contributed by atoms with E-state index in [1.54, 1.807) is 0 Å². The quantitative estimate of drug-likeness (QED) is 0.548. The number of aromatic nitrogens is 1. The van der Waals surface area contributed by atoms with Crippen LogP contribution in [0.4, 0.5) is 5.69 Å². The molecule has 5 heteroatoms. The Hall–Kier alpha value is -3.34. The summed E-state index contributed by atoms with van der Waals surface area (Å²) in [6.07, 6.45) is 3.94. The van der Waals surface area contributed by atoms with Crippen molar-refractivity contribution in [2.45, 2.75) is 26.7 Å². The lowest BCUT2D eigenvalue weighted by Crippen LogP contribution is -1.95. The summed E-state index contributed by atoms with van der Waals surface area (Å²) in [5.41, 5.74) is 4.94. The average molecular weight is 374 g/mol. The van der Waals surface area contributed by atoms with Gasteiger partial charge in [-0.1, -0.05) is 31.5 Å². The van der Waals surface area contributed by atoms with Crippen molar-refractivity contribution < 1.29 is 14.3 Å². The van der Waals surface area contributed by atoms with Gasteiger partial charge in [0.2, 0.25) is 5.89 Å². The second-order valence-corrected chi connectivity index (χ2v) is 6.71. The van der Waals surface area contributed by atoms with Gasteiger partial charge in [-0.15, -0.1) is 0 Å². The molecule has 0 unspecified atom stereocenters. The topological polar surface area (TPSA) is 67.9 Å². The number of aliphatic imine (C=N–C) groups is 1. The van der Waals surface area contributed by atoms with Gasteiger partial charge in [0.25, 0.3) is 0 Å². The first-order valence-corrected chi connectivity index (χ1v) is 9.45. The van der Waals surface area contributed by atoms with E-state index in [2.05, 4.69) is 16.9 Å². The van der Waals surface area contributed by atoms with Gasteiger partial charge in [0.15, 0.2) is 0 Å². The van der Waals surface area contributed by atoms with E-state index >= 15 is 0 Å². The van der Waals surface area contributed by atoms with Gasteiger partial charge in [-0.3, -0.25) is 4.99 Å². The Morgan fingerprint density at radius 3 is 2.68 bits per heavy atom. The van der Waals surface area contributed by atoms with Crippen molar-refractivity contribution in [1.82, 2.24) is 4.98 Å². The van der Waals surface area contributed by atoms with Gasteiger partial charge in [-0.05, 0) is 49.8 Å². The molecule has 0 bridgehead atoms. The summed E-state index contributed by atoms with van der Waals surface area (Å²) in [5.74, 6) is 0.970. The number of para-hydroxylation sites is 1. The SMILES string of the molecule is CCCCOc1ccc(-c2nc(C=C3C(C)=Nc4ccccc43)c(O)o2)cc1. The number of fused-ring (bicyclic) bond motifs is 1. The first kappa shape index (κ1) is 18.0. The van der Waals surface area contributed by atoms with Crippen LogP contribution in [0.3, 0.4) is 0 Å². The summed E-state index contributed by atoms with van der Waals surface area (Å²) in [4.78, 5) is 9.03. The van der Waals surface area contributed by atoms with Crippen LogP contribution in [0, 0.1) is 0 Å². The Morgan fingerprint density at radius 1 is 1.11 bits per heavy atom. The molecule has 5 nitrogen and oxygen atoms in total. The van der Waals surface area contributed by atoms with Crippen molar-refractivity contribution in [1.29, 1.82) is 0 Å². The van der Waals surface area contributed by atoms with Crippen molar-refractivity contribution in [3.05, 3.63) is 59.8 Å². The van der Waals surface area contributed by atoms with Crippen LogP contribution in [0.15, 0.2) is 57.9 Å². The zero-order valence-corrected chi connectivity index (χ0v) is 16.0. The lowest BCUT2D eigenvalue weighted by Gasteiger charge is -2.05. The number of nitrogens with zero attached hydrogens (tertiary/aromatic N) is 2. The molecule has 0 aliphatic carbocycles. The highest BCUT2D eigenvalue weighted by atomic mass is 16.5. The molecule has 142 valence electrons. The molecule has 1 aromatic heterocycles. The van der Waals surface area contributed by atoms with Gasteiger partial charge in [0.05, 0.1) is 12.3 Å². The van der Waals surface area contributed by atoms with Gasteiger partial charge in [-0.25, -0.2) is 4.98 Å². The molecule has 0 radical (unpaired) electrons. The molecule has 2 aromatic carbocycles. The Labute approximate surface area is 164 Å². The molecule has 0 atom stereocenters. The first-order chi connectivity index (χ1) is 13.7. The number of hydrogen-bond acceptors (Lipinski definition) is 5. The van der Waals surface area contributed by atoms with E-state index in [9.17, 15) is 5.11 Å². The lowest BCUT2D eigenvalue weighted by atomic mass is 10.0. The average Bonchev–Trinajstić information content (AvgIpc) is 3.23. The van der Waals surface area contributed by atoms with Crippen LogP contribution in [0.1, 0.15) is 37.9 Å². The Morgan fingerprint density at radius 2 is 1.89 bits per heavy atom. The third kappa shape index (κ3) is 3.56. The molecule has 0 saturated carbocycles. The van der Waals surface area contributed by atoms with Gasteiger partial charge in [-0.2, -0.15) is 0 Å². The molecule has 0 saturated heterocycles. The van der Waals surface area contributed by atoms with Crippen molar-refractivity contribution >= 4 is 23.0 Å². The predicted octanol–water partition coefficient (Wildman–Crippen LogP) is 5.87. The molecule has 0 amide bonds. The molecule has 0 spiro atoms. The molecule has 2 heterocycles. The molecule has 1 N–H and O–H groups in total. The minimum absolute atomic E-state index is 0.206. The van der Waals surface area contributed by atoms with Gasteiger partial charge < -0.3 is 14.3 Å². The fraction of sp³-hybridized carbons (Fsp3) is 0.217. The molecular formula is C23H22N2O3. The fourth-order valence-electron chi connectivity index (χ4n) is 3.12. The Balaban J connectivity index is 1.59. The molecular weight excluding hydrogens is 352 g/mol. The maximum absolute atomic E-state index is 10.2. The molecule has 28 heavy (non-hydrogen) atoms. The number of allylic oxidation sites excluding steroid dienone is 1. The largest absolute Gasteiger partial charge is 0.494 e. The number of benzene rings is 2. The van der Waals surface area contributed by atoms with Crippen LogP contribution >= 0.6 is 0 Å². The first-order valence-electron chi connectivity index (χ1n) is 9.45. The maximum atomic E-state index is 10.2. The smallest absolute Gasteiger partial charge is 0.310 e. The van der Waals surface area contributed by atoms with E-state index < -0.39 is 0 Å². The van der Waals surface area contributed by atoms with Crippen molar-refractivity contribution in [2.75, 3.05) is 6.61 Å². The number of aromatic hydroxyl groups is 1. The van der Waals surface area contributed by atoms with Gasteiger partial charge in [0.1, 0.15) is 11.4 Å². The minimum Gasteiger partial charge on any atom is -0.494 e. The van der Waals surface area contributed by atoms with E-state index in [4.69, 9.17) is 9.15 Å². The summed E-state index contributed by atoms with van der Waals surface area (Å²) in [6, 6.07) is 15.4. The third-order valence-corrected chi connectivity index (χ3v) is 4.66. The molecule has 0 fully saturated rings. The summed E-state index contributed by atoms with van der Waals surface area (Å²) in [6.45, 7) is 4.78. The molecule has 1 aliphatic heterocycles. The Bertz CT molecular complexity index is 1050. The zero-order valence-electron chi connectivity index (χ0n) is 16.0. The van der Waals surface area contributed by atoms with E-state index in [0.717, 1.165) is 46.7 Å². The van der Waals surface area contributed by atoms with Gasteiger partial charge >= 0.3 is 5.95 Å². The van der Waals surface area contributed by atoms with Crippen LogP contribution in [0.5, 0.6) is 11.7 Å². The lowest BCUT2D eigenvalue weighted by molar-refractivity contribution is 0.309. The number of rotatable bonds is 6. The minimum atomic E-state index is -0.206. The standard InChI is InChI=1S/C23H22N2O3/c1-3-4-13-27-17-11-9-16(10-12-17)22-25-21(23(26)28-22)14-19-15(2)24-20-8-6-5-7-18(19)20/h5-12,14,26H,3-4,13H2,1-2H3. The highest BCUT2D eigenvalue weighted by Crippen LogP contribution is 2.37. The summed E-state index contributed by atoms with van der Waals surface area (Å²) in [5, 5.41) is 10.2. The fourth-order valence-corrected chi connectivity index (χ4v) is 3.12. The molecule has 3 aromatic rings. The van der Waals surface area contributed by atoms with E-state index in [1.165, 1.54) is 0 Å². The van der Waals surface area contributed by atoms with E-state index in [1.807, 2.05) is 61.5 Å². The maximum Gasteiger partial charge on any atom is 0.310 e. The summed E-state index contributed by atoms with van der Waals surface area (Å²) >= 11 is 0. The van der Waals surface area contributed by atoms with Crippen LogP contribution in [0.25, 0.3) is 23.1 Å². The number of ether oxygens (including phenoxy) is 1. The van der Waals surface area contributed by atoms with Crippen molar-refractivity contribution in [2.24, 2.45) is 4.99 Å². The van der Waals surface area contributed by atoms with Crippen LogP contribution in [0.2, 0.25) is 0 Å². The summed E-state index contributed by atoms with van der Waals surface area (Å²) in [7, 11) is 0. The zero-order chi connectivity index (χ0) is 19.5. The van der Waals surface area contributed by atoms with Crippen LogP contribution in [-0.2, 0) is 0 Å². The second kappa shape index (κ2) is 7.72. The van der Waals surface area contributed by atoms with Crippen LogP contribution in [-0.4, -0.2) is 22.4 Å². The number of unbranched alkanes of at least 4 members (excludes halogenated alkanes) is 1. The highest BCUT2D eigenvalue weighted by molar-refractivity contribution is 6.31. The molecule has 4 rings (SSSR count). The highest BCUT2D eigenvalue weighted by Gasteiger charge is 2.20. The Kier molecular flexibility index (Phi) is 4.98. The normalized spacial score (nSPS) is 14.2. The van der Waals surface area contributed by atoms with Crippen molar-refractivity contribution in [3.8, 4) is 23.1 Å². The van der Waals surface area contributed by atoms with E-state index in [0.29, 0.717) is 18.2 Å². The number of hydrogen-bond donors (Lipinski definition) is 1. The third-order valence-electron chi connectivity index (χ3n) is 4.66. The van der Waals surface area contributed by atoms with Gasteiger partial charge in [0, 0.05) is 22.4 Å². The predicted molar refractivity (Wildman–Crippen MR) is 111 cm³/mol. The monoisotopic (exact) mass is 374 g/mol. The van der Waals surface area contributed by atoms with Crippen LogP contribution < -0.4 is 4.74 Å². The number of oxazole rings is 1. The van der Waals surface area contributed by atoms with Crippen molar-refractivity contribution in [3.63, 3.8) is 0 Å². The second-order valence-electron chi connectivity index (χ2n) is 6.71. The summed E-state index contributed by atoms with van der Waals surface area (Å²) < 4.78 is 11.2. The molecule has 1 aliphatic rings.